The Labute approximate surface area is 137 Å². The van der Waals surface area contributed by atoms with Gasteiger partial charge in [0.1, 0.15) is 0 Å². The Bertz CT molecular complexity index is 373. The molecule has 7 nitrogen and oxygen atoms in total. The molecule has 1 fully saturated rings. The van der Waals surface area contributed by atoms with E-state index in [0.717, 1.165) is 6.42 Å². The molecule has 0 aromatic rings. The fourth-order valence-corrected chi connectivity index (χ4v) is 1.84. The molecule has 0 bridgehead atoms. The van der Waals surface area contributed by atoms with Gasteiger partial charge in [0.15, 0.2) is 5.96 Å². The average molecular weight is 397 g/mol. The lowest BCUT2D eigenvalue weighted by Crippen LogP contribution is -2.52. The van der Waals surface area contributed by atoms with E-state index in [4.69, 9.17) is 0 Å². The third kappa shape index (κ3) is 5.93. The van der Waals surface area contributed by atoms with Crippen LogP contribution in [0.3, 0.4) is 0 Å². The first-order valence-corrected chi connectivity index (χ1v) is 6.35. The van der Waals surface area contributed by atoms with Crippen LogP contribution in [0.1, 0.15) is 12.8 Å². The van der Waals surface area contributed by atoms with Gasteiger partial charge in [0.2, 0.25) is 11.8 Å². The molecule has 1 aliphatic heterocycles. The summed E-state index contributed by atoms with van der Waals surface area (Å²) < 4.78 is 0. The highest BCUT2D eigenvalue weighted by atomic mass is 127. The normalized spacial score (nSPS) is 19.2. The van der Waals surface area contributed by atoms with Crippen LogP contribution >= 0.6 is 24.0 Å². The molecule has 0 aliphatic carbocycles. The first-order chi connectivity index (χ1) is 8.93. The first kappa shape index (κ1) is 18.9. The van der Waals surface area contributed by atoms with Gasteiger partial charge in [-0.15, -0.1) is 24.0 Å². The number of hydrogen-bond donors (Lipinski definition) is 2. The second-order valence-corrected chi connectivity index (χ2v) is 4.87. The van der Waals surface area contributed by atoms with Crippen molar-refractivity contribution in [2.45, 2.75) is 18.9 Å². The molecule has 8 heteroatoms. The van der Waals surface area contributed by atoms with Crippen LogP contribution in [0.4, 0.5) is 0 Å². The van der Waals surface area contributed by atoms with E-state index in [9.17, 15) is 9.59 Å². The number of amides is 2. The van der Waals surface area contributed by atoms with E-state index < -0.39 is 0 Å². The van der Waals surface area contributed by atoms with Crippen LogP contribution in [0.2, 0.25) is 0 Å². The van der Waals surface area contributed by atoms with Crippen LogP contribution in [0.25, 0.3) is 0 Å². The van der Waals surface area contributed by atoms with Crippen LogP contribution in [0.5, 0.6) is 0 Å². The summed E-state index contributed by atoms with van der Waals surface area (Å²) in [5.74, 6) is 0.741. The number of likely N-dealkylation sites (N-methyl/N-ethyl adjacent to an activating group) is 2. The summed E-state index contributed by atoms with van der Waals surface area (Å²) in [6.07, 6.45) is 1.33. The highest BCUT2D eigenvalue weighted by Crippen LogP contribution is 2.09. The molecule has 1 aliphatic rings. The van der Waals surface area contributed by atoms with Crippen LogP contribution in [-0.4, -0.2) is 74.9 Å². The van der Waals surface area contributed by atoms with E-state index in [2.05, 4.69) is 15.6 Å². The number of rotatable bonds is 3. The third-order valence-corrected chi connectivity index (χ3v) is 3.10. The number of carbonyl (C=O) groups excluding carboxylic acids is 2. The molecule has 20 heavy (non-hydrogen) atoms. The number of piperidine rings is 1. The molecule has 0 aromatic carbocycles. The third-order valence-electron chi connectivity index (χ3n) is 3.10. The van der Waals surface area contributed by atoms with Crippen molar-refractivity contribution in [3.8, 4) is 0 Å². The fourth-order valence-electron chi connectivity index (χ4n) is 1.84. The minimum Gasteiger partial charge on any atom is -0.352 e. The molecule has 1 rings (SSSR count). The van der Waals surface area contributed by atoms with Crippen LogP contribution in [0.15, 0.2) is 4.99 Å². The topological polar surface area (TPSA) is 77.0 Å². The molecule has 1 heterocycles. The van der Waals surface area contributed by atoms with E-state index in [1.54, 1.807) is 33.1 Å². The summed E-state index contributed by atoms with van der Waals surface area (Å²) in [6.45, 7) is 0.856. The molecule has 1 unspecified atom stereocenters. The number of carbonyl (C=O) groups is 2. The molecule has 2 amide bonds. The second-order valence-electron chi connectivity index (χ2n) is 4.87. The number of halogens is 1. The summed E-state index contributed by atoms with van der Waals surface area (Å²) >= 11 is 0. The summed E-state index contributed by atoms with van der Waals surface area (Å²) in [5.41, 5.74) is 0. The van der Waals surface area contributed by atoms with Gasteiger partial charge in [-0.3, -0.25) is 14.6 Å². The standard InChI is InChI=1S/C12H23N5O2.HI/c1-13-12(14-7-11(19)16(2)3)15-9-5-6-10(18)17(4)8-9;/h9H,5-8H2,1-4H3,(H2,13,14,15);1H. The zero-order chi connectivity index (χ0) is 14.4. The number of guanidine groups is 1. The summed E-state index contributed by atoms with van der Waals surface area (Å²) in [7, 11) is 6.87. The second kappa shape index (κ2) is 8.98. The zero-order valence-corrected chi connectivity index (χ0v) is 14.8. The number of aliphatic imine (C=N–C) groups is 1. The number of nitrogens with zero attached hydrogens (tertiary/aromatic N) is 3. The molecule has 116 valence electrons. The van der Waals surface area contributed by atoms with Gasteiger partial charge in [-0.1, -0.05) is 0 Å². The number of nitrogens with one attached hydrogen (secondary N) is 2. The Balaban J connectivity index is 0.00000361. The van der Waals surface area contributed by atoms with Crippen molar-refractivity contribution in [2.24, 2.45) is 4.99 Å². The molecular formula is C12H24IN5O2. The minimum atomic E-state index is -0.0149. The monoisotopic (exact) mass is 397 g/mol. The smallest absolute Gasteiger partial charge is 0.241 e. The highest BCUT2D eigenvalue weighted by molar-refractivity contribution is 14.0. The lowest BCUT2D eigenvalue weighted by atomic mass is 10.1. The Kier molecular flexibility index (Phi) is 8.51. The Morgan fingerprint density at radius 2 is 2.15 bits per heavy atom. The van der Waals surface area contributed by atoms with Crippen molar-refractivity contribution in [1.29, 1.82) is 0 Å². The zero-order valence-electron chi connectivity index (χ0n) is 12.5. The SMILES string of the molecule is CN=C(NCC(=O)N(C)C)NC1CCC(=O)N(C)C1.I. The van der Waals surface area contributed by atoms with Crippen LogP contribution < -0.4 is 10.6 Å². The van der Waals surface area contributed by atoms with Crippen molar-refractivity contribution in [3.05, 3.63) is 0 Å². The van der Waals surface area contributed by atoms with Crippen LogP contribution in [0, 0.1) is 0 Å². The van der Waals surface area contributed by atoms with E-state index in [1.165, 1.54) is 4.90 Å². The summed E-state index contributed by atoms with van der Waals surface area (Å²) in [6, 6.07) is 0.170. The number of hydrogen-bond acceptors (Lipinski definition) is 3. The quantitative estimate of drug-likeness (QED) is 0.382. The highest BCUT2D eigenvalue weighted by Gasteiger charge is 2.23. The Hall–Kier alpha value is -1.06. The predicted octanol–water partition coefficient (Wildman–Crippen LogP) is -0.522. The van der Waals surface area contributed by atoms with Crippen molar-refractivity contribution >= 4 is 41.8 Å². The largest absolute Gasteiger partial charge is 0.352 e. The molecule has 1 atom stereocenters. The van der Waals surface area contributed by atoms with Crippen molar-refractivity contribution in [3.63, 3.8) is 0 Å². The number of likely N-dealkylation sites (tertiary alicyclic amines) is 1. The van der Waals surface area contributed by atoms with Gasteiger partial charge in [-0.05, 0) is 6.42 Å². The van der Waals surface area contributed by atoms with E-state index in [0.29, 0.717) is 18.9 Å². The maximum absolute atomic E-state index is 11.5. The summed E-state index contributed by atoms with van der Waals surface area (Å²) in [5, 5.41) is 6.19. The predicted molar refractivity (Wildman–Crippen MR) is 89.3 cm³/mol. The van der Waals surface area contributed by atoms with Gasteiger partial charge in [0.25, 0.3) is 0 Å². The van der Waals surface area contributed by atoms with E-state index in [1.807, 2.05) is 0 Å². The van der Waals surface area contributed by atoms with E-state index >= 15 is 0 Å². The average Bonchev–Trinajstić information content (AvgIpc) is 2.38. The van der Waals surface area contributed by atoms with Gasteiger partial charge in [-0.25, -0.2) is 0 Å². The van der Waals surface area contributed by atoms with Gasteiger partial charge in [0, 0.05) is 47.2 Å². The minimum absolute atomic E-state index is 0. The van der Waals surface area contributed by atoms with Gasteiger partial charge in [-0.2, -0.15) is 0 Å². The van der Waals surface area contributed by atoms with E-state index in [-0.39, 0.29) is 48.4 Å². The van der Waals surface area contributed by atoms with Crippen molar-refractivity contribution < 1.29 is 9.59 Å². The lowest BCUT2D eigenvalue weighted by molar-refractivity contribution is -0.132. The first-order valence-electron chi connectivity index (χ1n) is 6.35. The maximum atomic E-state index is 11.5. The molecule has 0 spiro atoms. The van der Waals surface area contributed by atoms with Gasteiger partial charge < -0.3 is 20.4 Å². The Morgan fingerprint density at radius 1 is 1.50 bits per heavy atom. The molecule has 0 saturated carbocycles. The molecule has 2 N–H and O–H groups in total. The Morgan fingerprint density at radius 3 is 2.65 bits per heavy atom. The molecule has 0 radical (unpaired) electrons. The molecular weight excluding hydrogens is 373 g/mol. The molecule has 1 saturated heterocycles. The lowest BCUT2D eigenvalue weighted by Gasteiger charge is -2.31. The maximum Gasteiger partial charge on any atom is 0.241 e. The van der Waals surface area contributed by atoms with Crippen molar-refractivity contribution in [1.82, 2.24) is 20.4 Å². The van der Waals surface area contributed by atoms with Crippen molar-refractivity contribution in [2.75, 3.05) is 41.3 Å². The summed E-state index contributed by atoms with van der Waals surface area (Å²) in [4.78, 5) is 30.2. The molecule has 0 aromatic heterocycles. The van der Waals surface area contributed by atoms with Crippen LogP contribution in [-0.2, 0) is 9.59 Å². The fraction of sp³-hybridized carbons (Fsp3) is 0.750. The van der Waals surface area contributed by atoms with Gasteiger partial charge >= 0.3 is 0 Å². The van der Waals surface area contributed by atoms with Gasteiger partial charge in [0.05, 0.1) is 6.54 Å².